The second kappa shape index (κ2) is 10.3. The highest BCUT2D eigenvalue weighted by atomic mass is 16.7. The van der Waals surface area contributed by atoms with Crippen molar-refractivity contribution in [2.24, 2.45) is 0 Å². The minimum atomic E-state index is -0.872. The summed E-state index contributed by atoms with van der Waals surface area (Å²) in [4.78, 5) is 40.0. The van der Waals surface area contributed by atoms with Crippen LogP contribution in [0.2, 0.25) is 0 Å². The number of ether oxygens (including phenoxy) is 1. The maximum atomic E-state index is 11.5. The van der Waals surface area contributed by atoms with Crippen LogP contribution in [0.3, 0.4) is 0 Å². The zero-order valence-corrected chi connectivity index (χ0v) is 14.3. The van der Waals surface area contributed by atoms with E-state index in [1.165, 1.54) is 6.92 Å². The lowest BCUT2D eigenvalue weighted by molar-refractivity contribution is -0.163. The van der Waals surface area contributed by atoms with Crippen molar-refractivity contribution in [3.05, 3.63) is 29.8 Å². The van der Waals surface area contributed by atoms with Crippen molar-refractivity contribution < 1.29 is 24.0 Å². The number of hydrogen-bond acceptors (Lipinski definition) is 6. The van der Waals surface area contributed by atoms with Gasteiger partial charge in [0, 0.05) is 25.7 Å². The first-order chi connectivity index (χ1) is 11.5. The van der Waals surface area contributed by atoms with E-state index in [4.69, 9.17) is 4.74 Å². The summed E-state index contributed by atoms with van der Waals surface area (Å²) in [6.07, 6.45) is 0.514. The number of anilines is 1. The van der Waals surface area contributed by atoms with Crippen molar-refractivity contribution in [3.63, 3.8) is 0 Å². The summed E-state index contributed by atoms with van der Waals surface area (Å²) in [7, 11) is 0. The molecule has 132 valence electrons. The highest BCUT2D eigenvalue weighted by Gasteiger charge is 2.13. The van der Waals surface area contributed by atoms with E-state index in [0.717, 1.165) is 30.8 Å². The molecular weight excluding hydrogens is 312 g/mol. The molecule has 0 aliphatic heterocycles. The highest BCUT2D eigenvalue weighted by Crippen LogP contribution is 2.16. The van der Waals surface area contributed by atoms with Crippen molar-refractivity contribution in [1.82, 2.24) is 5.48 Å². The van der Waals surface area contributed by atoms with Gasteiger partial charge in [0.25, 0.3) is 0 Å². The van der Waals surface area contributed by atoms with Crippen molar-refractivity contribution in [2.45, 2.75) is 40.2 Å². The summed E-state index contributed by atoms with van der Waals surface area (Å²) in [6.45, 7) is 7.42. The Morgan fingerprint density at radius 1 is 1.08 bits per heavy atom. The topological polar surface area (TPSA) is 84.9 Å². The molecule has 0 radical (unpaired) electrons. The molecule has 0 heterocycles. The monoisotopic (exact) mass is 336 g/mol. The molecule has 1 aromatic rings. The summed E-state index contributed by atoms with van der Waals surface area (Å²) >= 11 is 0. The molecule has 1 amide bonds. The first-order valence-electron chi connectivity index (χ1n) is 7.92. The zero-order chi connectivity index (χ0) is 17.9. The summed E-state index contributed by atoms with van der Waals surface area (Å²) in [5, 5.41) is 0. The highest BCUT2D eigenvalue weighted by molar-refractivity contribution is 5.91. The number of benzene rings is 1. The maximum absolute atomic E-state index is 11.5. The van der Waals surface area contributed by atoms with Crippen molar-refractivity contribution >= 4 is 23.5 Å². The minimum absolute atomic E-state index is 0.0758. The summed E-state index contributed by atoms with van der Waals surface area (Å²) in [5.74, 6) is -2.11. The van der Waals surface area contributed by atoms with Crippen LogP contribution in [-0.4, -0.2) is 30.9 Å². The van der Waals surface area contributed by atoms with Crippen LogP contribution in [-0.2, 0) is 30.6 Å². The fraction of sp³-hybridized carbons (Fsp3) is 0.471. The Balaban J connectivity index is 2.43. The Bertz CT molecular complexity index is 557. The van der Waals surface area contributed by atoms with Gasteiger partial charge >= 0.3 is 11.9 Å². The lowest BCUT2D eigenvalue weighted by atomic mass is 10.2. The molecule has 0 bridgehead atoms. The molecule has 0 aliphatic carbocycles. The standard InChI is InChI=1S/C17H24N2O5/c1-4-10-19(5-2)15-8-6-14(7-9-15)12-23-16(21)11-17(22)24-18-13(3)20/h6-9H,4-5,10-12H2,1-3H3,(H,18,20). The van der Waals surface area contributed by atoms with Crippen LogP contribution in [0.4, 0.5) is 5.69 Å². The normalized spacial score (nSPS) is 9.96. The van der Waals surface area contributed by atoms with Gasteiger partial charge in [0.15, 0.2) is 0 Å². The van der Waals surface area contributed by atoms with Crippen molar-refractivity contribution in [1.29, 1.82) is 0 Å². The quantitative estimate of drug-likeness (QED) is 0.444. The lowest BCUT2D eigenvalue weighted by Crippen LogP contribution is -2.26. The van der Waals surface area contributed by atoms with E-state index in [2.05, 4.69) is 23.6 Å². The van der Waals surface area contributed by atoms with Crippen LogP contribution < -0.4 is 10.4 Å². The van der Waals surface area contributed by atoms with Crippen LogP contribution in [0, 0.1) is 0 Å². The van der Waals surface area contributed by atoms with Crippen LogP contribution in [0.15, 0.2) is 24.3 Å². The summed E-state index contributed by atoms with van der Waals surface area (Å²) in [6, 6.07) is 7.73. The fourth-order valence-electron chi connectivity index (χ4n) is 2.04. The number of amides is 1. The second-order valence-corrected chi connectivity index (χ2v) is 5.22. The van der Waals surface area contributed by atoms with E-state index in [1.807, 2.05) is 29.7 Å². The fourth-order valence-corrected chi connectivity index (χ4v) is 2.04. The molecule has 0 saturated carbocycles. The van der Waals surface area contributed by atoms with Crippen molar-refractivity contribution in [2.75, 3.05) is 18.0 Å². The molecule has 1 N–H and O–H groups in total. The Kier molecular flexibility index (Phi) is 8.32. The van der Waals surface area contributed by atoms with Gasteiger partial charge in [0.1, 0.15) is 13.0 Å². The molecule has 0 unspecified atom stereocenters. The Morgan fingerprint density at radius 3 is 2.29 bits per heavy atom. The van der Waals surface area contributed by atoms with Crippen LogP contribution in [0.1, 0.15) is 39.2 Å². The molecular formula is C17H24N2O5. The zero-order valence-electron chi connectivity index (χ0n) is 14.3. The van der Waals surface area contributed by atoms with Gasteiger partial charge in [0.05, 0.1) is 0 Å². The number of hydrogen-bond donors (Lipinski definition) is 1. The molecule has 7 nitrogen and oxygen atoms in total. The van der Waals surface area contributed by atoms with Gasteiger partial charge in [-0.25, -0.2) is 4.79 Å². The van der Waals surface area contributed by atoms with Crippen LogP contribution in [0.5, 0.6) is 0 Å². The molecule has 1 rings (SSSR count). The third kappa shape index (κ3) is 7.13. The van der Waals surface area contributed by atoms with E-state index in [1.54, 1.807) is 0 Å². The molecule has 0 atom stereocenters. The number of esters is 1. The predicted octanol–water partition coefficient (Wildman–Crippen LogP) is 1.95. The van der Waals surface area contributed by atoms with Gasteiger partial charge in [-0.1, -0.05) is 19.1 Å². The Morgan fingerprint density at radius 2 is 1.75 bits per heavy atom. The number of hydroxylamine groups is 1. The molecule has 0 aromatic heterocycles. The Labute approximate surface area is 141 Å². The van der Waals surface area contributed by atoms with E-state index < -0.39 is 24.3 Å². The molecule has 0 saturated heterocycles. The van der Waals surface area contributed by atoms with Crippen LogP contribution in [0.25, 0.3) is 0 Å². The SMILES string of the molecule is CCCN(CC)c1ccc(COC(=O)CC(=O)ONC(C)=O)cc1. The van der Waals surface area contributed by atoms with Gasteiger partial charge in [-0.3, -0.25) is 9.59 Å². The molecule has 24 heavy (non-hydrogen) atoms. The largest absolute Gasteiger partial charge is 0.460 e. The third-order valence-corrected chi connectivity index (χ3v) is 3.17. The molecule has 0 fully saturated rings. The lowest BCUT2D eigenvalue weighted by Gasteiger charge is -2.22. The number of nitrogens with zero attached hydrogens (tertiary/aromatic N) is 1. The molecule has 0 spiro atoms. The Hall–Kier alpha value is -2.57. The molecule has 1 aromatic carbocycles. The average molecular weight is 336 g/mol. The third-order valence-electron chi connectivity index (χ3n) is 3.17. The first-order valence-corrected chi connectivity index (χ1v) is 7.92. The van der Waals surface area contributed by atoms with E-state index in [0.29, 0.717) is 0 Å². The number of carbonyl (C=O) groups excluding carboxylic acids is 3. The van der Waals surface area contributed by atoms with Crippen LogP contribution >= 0.6 is 0 Å². The smallest absolute Gasteiger partial charge is 0.343 e. The second-order valence-electron chi connectivity index (χ2n) is 5.22. The van der Waals surface area contributed by atoms with Crippen molar-refractivity contribution in [3.8, 4) is 0 Å². The number of carbonyl (C=O) groups is 3. The summed E-state index contributed by atoms with van der Waals surface area (Å²) < 4.78 is 5.01. The van der Waals surface area contributed by atoms with E-state index >= 15 is 0 Å². The van der Waals surface area contributed by atoms with Gasteiger partial charge in [-0.15, -0.1) is 0 Å². The number of rotatable bonds is 8. The predicted molar refractivity (Wildman–Crippen MR) is 88.9 cm³/mol. The van der Waals surface area contributed by atoms with E-state index in [-0.39, 0.29) is 6.61 Å². The van der Waals surface area contributed by atoms with E-state index in [9.17, 15) is 14.4 Å². The number of nitrogens with one attached hydrogen (secondary N) is 1. The molecule has 7 heteroatoms. The molecule has 0 aliphatic rings. The van der Waals surface area contributed by atoms with Gasteiger partial charge in [-0.05, 0) is 31.0 Å². The average Bonchev–Trinajstić information content (AvgIpc) is 2.56. The first kappa shape index (κ1) is 19.5. The maximum Gasteiger partial charge on any atom is 0.343 e. The van der Waals surface area contributed by atoms with Gasteiger partial charge in [0.2, 0.25) is 5.91 Å². The minimum Gasteiger partial charge on any atom is -0.460 e. The van der Waals surface area contributed by atoms with Gasteiger partial charge < -0.3 is 14.5 Å². The van der Waals surface area contributed by atoms with Gasteiger partial charge in [-0.2, -0.15) is 5.48 Å². The summed E-state index contributed by atoms with van der Waals surface area (Å²) in [5.41, 5.74) is 3.80.